The van der Waals surface area contributed by atoms with E-state index in [-0.39, 0.29) is 30.1 Å². The molecular formula is C20H20N4O4S. The molecule has 0 spiro atoms. The maximum Gasteiger partial charge on any atom is 0.321 e. The molecule has 1 aromatic carbocycles. The zero-order valence-electron chi connectivity index (χ0n) is 15.6. The van der Waals surface area contributed by atoms with Gasteiger partial charge < -0.3 is 15.0 Å². The van der Waals surface area contributed by atoms with Crippen LogP contribution in [0.1, 0.15) is 18.5 Å². The van der Waals surface area contributed by atoms with Crippen LogP contribution in [0.5, 0.6) is 0 Å². The molecule has 29 heavy (non-hydrogen) atoms. The van der Waals surface area contributed by atoms with Crippen molar-refractivity contribution in [3.63, 3.8) is 0 Å². The SMILES string of the molecule is O=C(OCc1cc(=O)n2ccsc2n1)C1CCN(C(=O)Nc2ccccc2)CC1. The van der Waals surface area contributed by atoms with Gasteiger partial charge >= 0.3 is 12.0 Å². The van der Waals surface area contributed by atoms with Gasteiger partial charge in [-0.3, -0.25) is 14.0 Å². The van der Waals surface area contributed by atoms with Crippen LogP contribution in [0.3, 0.4) is 0 Å². The van der Waals surface area contributed by atoms with E-state index in [1.54, 1.807) is 16.5 Å². The van der Waals surface area contributed by atoms with Crippen molar-refractivity contribution in [2.24, 2.45) is 5.92 Å². The number of esters is 1. The number of anilines is 1. The third kappa shape index (κ3) is 4.45. The lowest BCUT2D eigenvalue weighted by Crippen LogP contribution is -2.42. The van der Waals surface area contributed by atoms with Gasteiger partial charge in [0.1, 0.15) is 6.61 Å². The number of hydrogen-bond acceptors (Lipinski definition) is 6. The topological polar surface area (TPSA) is 93.0 Å². The van der Waals surface area contributed by atoms with Crippen LogP contribution in [0.4, 0.5) is 10.5 Å². The van der Waals surface area contributed by atoms with E-state index in [4.69, 9.17) is 4.74 Å². The van der Waals surface area contributed by atoms with Gasteiger partial charge in [-0.15, -0.1) is 11.3 Å². The number of carbonyl (C=O) groups excluding carboxylic acids is 2. The van der Waals surface area contributed by atoms with E-state index in [2.05, 4.69) is 10.3 Å². The number of carbonyl (C=O) groups is 2. The molecule has 1 aliphatic heterocycles. The van der Waals surface area contributed by atoms with Crippen LogP contribution in [-0.2, 0) is 16.1 Å². The Hall–Kier alpha value is -3.20. The molecule has 0 atom stereocenters. The highest BCUT2D eigenvalue weighted by atomic mass is 32.1. The van der Waals surface area contributed by atoms with Gasteiger partial charge in [-0.25, -0.2) is 9.78 Å². The molecule has 2 aromatic heterocycles. The van der Waals surface area contributed by atoms with Gasteiger partial charge in [0.25, 0.3) is 5.56 Å². The van der Waals surface area contributed by atoms with Gasteiger partial charge in [-0.05, 0) is 25.0 Å². The summed E-state index contributed by atoms with van der Waals surface area (Å²) in [6, 6.07) is 10.5. The minimum Gasteiger partial charge on any atom is -0.459 e. The highest BCUT2D eigenvalue weighted by Crippen LogP contribution is 2.20. The number of piperidine rings is 1. The maximum atomic E-state index is 12.4. The number of urea groups is 1. The predicted octanol–water partition coefficient (Wildman–Crippen LogP) is 2.74. The molecule has 0 saturated carbocycles. The smallest absolute Gasteiger partial charge is 0.321 e. The van der Waals surface area contributed by atoms with Crippen molar-refractivity contribution >= 4 is 34.0 Å². The fourth-order valence-electron chi connectivity index (χ4n) is 3.27. The van der Waals surface area contributed by atoms with E-state index in [0.29, 0.717) is 36.6 Å². The largest absolute Gasteiger partial charge is 0.459 e. The number of rotatable bonds is 4. The van der Waals surface area contributed by atoms with Gasteiger partial charge in [0.2, 0.25) is 0 Å². The summed E-state index contributed by atoms with van der Waals surface area (Å²) < 4.78 is 6.83. The standard InChI is InChI=1S/C20H20N4O4S/c25-17-12-16(22-20-24(17)10-11-29-20)13-28-18(26)14-6-8-23(9-7-14)19(27)21-15-4-2-1-3-5-15/h1-5,10-12,14H,6-9,13H2,(H,21,27). The number of hydrogen-bond donors (Lipinski definition) is 1. The van der Waals surface area contributed by atoms with Crippen molar-refractivity contribution < 1.29 is 14.3 Å². The second-order valence-electron chi connectivity index (χ2n) is 6.81. The molecule has 1 N–H and O–H groups in total. The first-order valence-electron chi connectivity index (χ1n) is 9.33. The summed E-state index contributed by atoms with van der Waals surface area (Å²) in [5.41, 5.74) is 0.982. The van der Waals surface area contributed by atoms with Gasteiger partial charge in [-0.1, -0.05) is 18.2 Å². The molecule has 9 heteroatoms. The second-order valence-corrected chi connectivity index (χ2v) is 7.68. The first-order valence-corrected chi connectivity index (χ1v) is 10.2. The summed E-state index contributed by atoms with van der Waals surface area (Å²) in [6.07, 6.45) is 2.75. The molecular weight excluding hydrogens is 392 g/mol. The molecule has 0 unspecified atom stereocenters. The van der Waals surface area contributed by atoms with Gasteiger partial charge in [0.15, 0.2) is 4.96 Å². The third-order valence-corrected chi connectivity index (χ3v) is 5.62. The Morgan fingerprint density at radius 2 is 1.97 bits per heavy atom. The van der Waals surface area contributed by atoms with E-state index >= 15 is 0 Å². The molecule has 150 valence electrons. The molecule has 1 fully saturated rings. The van der Waals surface area contributed by atoms with Crippen molar-refractivity contribution in [2.75, 3.05) is 18.4 Å². The fourth-order valence-corrected chi connectivity index (χ4v) is 4.01. The average molecular weight is 412 g/mol. The van der Waals surface area contributed by atoms with Crippen LogP contribution in [0.25, 0.3) is 4.96 Å². The van der Waals surface area contributed by atoms with Gasteiger partial charge in [-0.2, -0.15) is 0 Å². The monoisotopic (exact) mass is 412 g/mol. The molecule has 2 amide bonds. The van der Waals surface area contributed by atoms with Crippen LogP contribution >= 0.6 is 11.3 Å². The molecule has 3 aromatic rings. The van der Waals surface area contributed by atoms with Crippen LogP contribution in [0.15, 0.2) is 52.8 Å². The summed E-state index contributed by atoms with van der Waals surface area (Å²) >= 11 is 1.35. The normalized spacial score (nSPS) is 14.7. The summed E-state index contributed by atoms with van der Waals surface area (Å²) in [5, 5.41) is 4.63. The molecule has 1 saturated heterocycles. The Bertz CT molecular complexity index is 1070. The summed E-state index contributed by atoms with van der Waals surface area (Å²) in [6.45, 7) is 0.940. The minimum atomic E-state index is -0.318. The Kier molecular flexibility index (Phi) is 5.57. The van der Waals surface area contributed by atoms with Crippen molar-refractivity contribution in [1.29, 1.82) is 0 Å². The van der Waals surface area contributed by atoms with Crippen molar-refractivity contribution in [3.05, 3.63) is 64.0 Å². The zero-order chi connectivity index (χ0) is 20.2. The first kappa shape index (κ1) is 19.1. The number of nitrogens with one attached hydrogen (secondary N) is 1. The zero-order valence-corrected chi connectivity index (χ0v) is 16.4. The van der Waals surface area contributed by atoms with E-state index in [1.807, 2.05) is 30.3 Å². The Morgan fingerprint density at radius 3 is 2.72 bits per heavy atom. The Balaban J connectivity index is 1.27. The second kappa shape index (κ2) is 8.44. The van der Waals surface area contributed by atoms with Crippen LogP contribution in [0, 0.1) is 5.92 Å². The molecule has 1 aliphatic rings. The number of amides is 2. The minimum absolute atomic E-state index is 0.0306. The lowest BCUT2D eigenvalue weighted by molar-refractivity contribution is -0.151. The summed E-state index contributed by atoms with van der Waals surface area (Å²) in [5.74, 6) is -0.580. The lowest BCUT2D eigenvalue weighted by atomic mass is 9.97. The molecule has 0 bridgehead atoms. The van der Waals surface area contributed by atoms with E-state index in [0.717, 1.165) is 5.69 Å². The lowest BCUT2D eigenvalue weighted by Gasteiger charge is -2.30. The highest BCUT2D eigenvalue weighted by Gasteiger charge is 2.28. The fraction of sp³-hybridized carbons (Fsp3) is 0.300. The number of thiazole rings is 1. The summed E-state index contributed by atoms with van der Waals surface area (Å²) in [7, 11) is 0. The highest BCUT2D eigenvalue weighted by molar-refractivity contribution is 7.15. The number of fused-ring (bicyclic) bond motifs is 1. The van der Waals surface area contributed by atoms with Crippen LogP contribution < -0.4 is 10.9 Å². The molecule has 0 radical (unpaired) electrons. The number of nitrogens with zero attached hydrogens (tertiary/aromatic N) is 3. The average Bonchev–Trinajstić information content (AvgIpc) is 3.22. The predicted molar refractivity (Wildman–Crippen MR) is 109 cm³/mol. The number of aromatic nitrogens is 2. The first-order chi connectivity index (χ1) is 14.1. The quantitative estimate of drug-likeness (QED) is 0.665. The van der Waals surface area contributed by atoms with E-state index in [1.165, 1.54) is 21.8 Å². The molecule has 8 nitrogen and oxygen atoms in total. The van der Waals surface area contributed by atoms with Gasteiger partial charge in [0, 0.05) is 36.4 Å². The number of likely N-dealkylation sites (tertiary alicyclic amines) is 1. The maximum absolute atomic E-state index is 12.4. The van der Waals surface area contributed by atoms with Crippen molar-refractivity contribution in [1.82, 2.24) is 14.3 Å². The molecule has 4 rings (SSSR count). The van der Waals surface area contributed by atoms with Crippen LogP contribution in [-0.4, -0.2) is 39.4 Å². The van der Waals surface area contributed by atoms with Crippen LogP contribution in [0.2, 0.25) is 0 Å². The Labute approximate surface area is 170 Å². The third-order valence-electron chi connectivity index (χ3n) is 4.86. The number of ether oxygens (including phenoxy) is 1. The van der Waals surface area contributed by atoms with Crippen molar-refractivity contribution in [3.8, 4) is 0 Å². The van der Waals surface area contributed by atoms with E-state index in [9.17, 15) is 14.4 Å². The summed E-state index contributed by atoms with van der Waals surface area (Å²) in [4.78, 5) is 43.3. The van der Waals surface area contributed by atoms with Gasteiger partial charge in [0.05, 0.1) is 11.6 Å². The Morgan fingerprint density at radius 1 is 1.21 bits per heavy atom. The molecule has 3 heterocycles. The molecule has 0 aliphatic carbocycles. The van der Waals surface area contributed by atoms with E-state index < -0.39 is 0 Å². The number of para-hydroxylation sites is 1. The van der Waals surface area contributed by atoms with Crippen molar-refractivity contribution in [2.45, 2.75) is 19.4 Å². The number of benzene rings is 1.